The van der Waals surface area contributed by atoms with Gasteiger partial charge < -0.3 is 14.8 Å². The molecule has 2 aliphatic heterocycles. The number of hydrogen-bond acceptors (Lipinski definition) is 3. The van der Waals surface area contributed by atoms with Crippen molar-refractivity contribution >= 4 is 11.6 Å². The van der Waals surface area contributed by atoms with Gasteiger partial charge in [0.25, 0.3) is 5.91 Å². The first kappa shape index (κ1) is 19.9. The highest BCUT2D eigenvalue weighted by Gasteiger charge is 2.42. The number of benzene rings is 2. The normalized spacial score (nSPS) is 16.2. The molecule has 1 saturated heterocycles. The average Bonchev–Trinajstić information content (AvgIpc) is 3.47. The Kier molecular flexibility index (Phi) is 4.43. The summed E-state index contributed by atoms with van der Waals surface area (Å²) >= 11 is 0. The number of hydrogen-bond donors (Lipinski definition) is 1. The lowest BCUT2D eigenvalue weighted by atomic mass is 9.82. The standard InChI is InChI=1S/C27H27N5O/c1-19-18-20(2)32(29-19)22-11-9-21(10-12-22)26(33)30-16-13-27(14-17-30)25-8-5-15-31(25)24-7-4-3-6-23(24)28-27/h3-12,15,18,28H,13-14,16-17H2,1-2H3. The topological polar surface area (TPSA) is 55.1 Å². The number of nitrogens with one attached hydrogen (secondary N) is 1. The van der Waals surface area contributed by atoms with Crippen LogP contribution in [0.5, 0.6) is 0 Å². The number of aromatic nitrogens is 3. The molecule has 6 nitrogen and oxygen atoms in total. The van der Waals surface area contributed by atoms with Crippen molar-refractivity contribution in [2.75, 3.05) is 18.4 Å². The summed E-state index contributed by atoms with van der Waals surface area (Å²) in [6.45, 7) is 5.47. The number of piperidine rings is 1. The van der Waals surface area contributed by atoms with Crippen molar-refractivity contribution in [1.29, 1.82) is 0 Å². The number of rotatable bonds is 2. The first-order chi connectivity index (χ1) is 16.0. The van der Waals surface area contributed by atoms with Gasteiger partial charge in [0, 0.05) is 36.2 Å². The third kappa shape index (κ3) is 3.17. The van der Waals surface area contributed by atoms with Gasteiger partial charge in [0.2, 0.25) is 0 Å². The van der Waals surface area contributed by atoms with Gasteiger partial charge in [0.1, 0.15) is 0 Å². The Morgan fingerprint density at radius 2 is 1.73 bits per heavy atom. The van der Waals surface area contributed by atoms with Gasteiger partial charge in [0.05, 0.1) is 28.3 Å². The third-order valence-electron chi connectivity index (χ3n) is 7.05. The fourth-order valence-electron chi connectivity index (χ4n) is 5.38. The molecule has 0 unspecified atom stereocenters. The summed E-state index contributed by atoms with van der Waals surface area (Å²) < 4.78 is 4.21. The zero-order valence-electron chi connectivity index (χ0n) is 19.0. The molecule has 1 N–H and O–H groups in total. The maximum atomic E-state index is 13.3. The second-order valence-corrected chi connectivity index (χ2v) is 9.17. The number of fused-ring (bicyclic) bond motifs is 4. The minimum Gasteiger partial charge on any atom is -0.372 e. The van der Waals surface area contributed by atoms with Crippen molar-refractivity contribution in [3.63, 3.8) is 0 Å². The molecule has 1 spiro atoms. The molecule has 33 heavy (non-hydrogen) atoms. The van der Waals surface area contributed by atoms with Crippen LogP contribution < -0.4 is 5.32 Å². The van der Waals surface area contributed by atoms with Gasteiger partial charge in [-0.05, 0) is 81.3 Å². The van der Waals surface area contributed by atoms with Crippen LogP contribution in [0.15, 0.2) is 72.9 Å². The highest BCUT2D eigenvalue weighted by molar-refractivity contribution is 5.94. The van der Waals surface area contributed by atoms with Gasteiger partial charge in [-0.2, -0.15) is 5.10 Å². The Labute approximate surface area is 193 Å². The third-order valence-corrected chi connectivity index (χ3v) is 7.05. The van der Waals surface area contributed by atoms with E-state index in [1.54, 1.807) is 0 Å². The summed E-state index contributed by atoms with van der Waals surface area (Å²) in [5.41, 5.74) is 7.24. The van der Waals surface area contributed by atoms with Crippen LogP contribution in [0.25, 0.3) is 11.4 Å². The Balaban J connectivity index is 1.20. The molecule has 166 valence electrons. The van der Waals surface area contributed by atoms with E-state index in [1.807, 2.05) is 47.7 Å². The van der Waals surface area contributed by atoms with Crippen molar-refractivity contribution in [3.8, 4) is 11.4 Å². The SMILES string of the molecule is Cc1cc(C)n(-c2ccc(C(=O)N3CCC4(CC3)Nc3ccccc3-n3cccc34)cc2)n1. The first-order valence-corrected chi connectivity index (χ1v) is 11.5. The van der Waals surface area contributed by atoms with Gasteiger partial charge in [-0.25, -0.2) is 4.68 Å². The van der Waals surface area contributed by atoms with E-state index in [2.05, 4.69) is 63.6 Å². The average molecular weight is 438 g/mol. The Morgan fingerprint density at radius 1 is 0.970 bits per heavy atom. The Morgan fingerprint density at radius 3 is 2.45 bits per heavy atom. The molecule has 0 radical (unpaired) electrons. The van der Waals surface area contributed by atoms with Gasteiger partial charge >= 0.3 is 0 Å². The molecular weight excluding hydrogens is 410 g/mol. The van der Waals surface area contributed by atoms with Crippen LogP contribution in [0.4, 0.5) is 5.69 Å². The fourth-order valence-corrected chi connectivity index (χ4v) is 5.38. The largest absolute Gasteiger partial charge is 0.372 e. The molecule has 1 amide bonds. The monoisotopic (exact) mass is 437 g/mol. The highest BCUT2D eigenvalue weighted by atomic mass is 16.2. The van der Waals surface area contributed by atoms with E-state index in [0.717, 1.165) is 54.3 Å². The van der Waals surface area contributed by atoms with Crippen molar-refractivity contribution in [1.82, 2.24) is 19.2 Å². The van der Waals surface area contributed by atoms with Crippen LogP contribution >= 0.6 is 0 Å². The van der Waals surface area contributed by atoms with Gasteiger partial charge in [-0.15, -0.1) is 0 Å². The van der Waals surface area contributed by atoms with Crippen molar-refractivity contribution in [2.45, 2.75) is 32.2 Å². The zero-order chi connectivity index (χ0) is 22.6. The van der Waals surface area contributed by atoms with Gasteiger partial charge in [-0.1, -0.05) is 12.1 Å². The molecule has 6 heteroatoms. The molecule has 4 aromatic rings. The summed E-state index contributed by atoms with van der Waals surface area (Å²) in [6.07, 6.45) is 3.89. The van der Waals surface area contributed by atoms with E-state index in [0.29, 0.717) is 0 Å². The number of para-hydroxylation sites is 2. The fraction of sp³-hybridized carbons (Fsp3) is 0.259. The summed E-state index contributed by atoms with van der Waals surface area (Å²) in [5, 5.41) is 8.35. The molecule has 0 bridgehead atoms. The van der Waals surface area contributed by atoms with Crippen LogP contribution in [-0.2, 0) is 5.54 Å². The second-order valence-electron chi connectivity index (χ2n) is 9.17. The number of amides is 1. The minimum atomic E-state index is -0.145. The lowest BCUT2D eigenvalue weighted by Gasteiger charge is -2.46. The van der Waals surface area contributed by atoms with Crippen molar-refractivity contribution in [3.05, 3.63) is 95.6 Å². The van der Waals surface area contributed by atoms with Gasteiger partial charge in [0.15, 0.2) is 0 Å². The van der Waals surface area contributed by atoms with E-state index < -0.39 is 0 Å². The van der Waals surface area contributed by atoms with E-state index in [9.17, 15) is 4.79 Å². The molecule has 0 saturated carbocycles. The second kappa shape index (κ2) is 7.37. The van der Waals surface area contributed by atoms with E-state index >= 15 is 0 Å². The molecular formula is C27H27N5O. The maximum absolute atomic E-state index is 13.3. The number of carbonyl (C=O) groups is 1. The predicted molar refractivity (Wildman–Crippen MR) is 129 cm³/mol. The quantitative estimate of drug-likeness (QED) is 0.488. The number of aryl methyl sites for hydroxylation is 2. The molecule has 0 aliphatic carbocycles. The molecule has 0 atom stereocenters. The lowest BCUT2D eigenvalue weighted by molar-refractivity contribution is 0.0676. The summed E-state index contributed by atoms with van der Waals surface area (Å²) in [7, 11) is 0. The Bertz CT molecular complexity index is 1340. The molecule has 6 rings (SSSR count). The molecule has 1 fully saturated rings. The first-order valence-electron chi connectivity index (χ1n) is 11.5. The van der Waals surface area contributed by atoms with Crippen molar-refractivity contribution < 1.29 is 4.79 Å². The van der Waals surface area contributed by atoms with Crippen molar-refractivity contribution in [2.24, 2.45) is 0 Å². The van der Waals surface area contributed by atoms with Crippen LogP contribution in [0, 0.1) is 13.8 Å². The maximum Gasteiger partial charge on any atom is 0.253 e. The molecule has 4 heterocycles. The summed E-state index contributed by atoms with van der Waals surface area (Å²) in [6, 6.07) is 22.6. The number of likely N-dealkylation sites (tertiary alicyclic amines) is 1. The predicted octanol–water partition coefficient (Wildman–Crippen LogP) is 4.84. The van der Waals surface area contributed by atoms with E-state index in [1.165, 1.54) is 11.4 Å². The number of carbonyl (C=O) groups excluding carboxylic acids is 1. The lowest BCUT2D eigenvalue weighted by Crippen LogP contribution is -2.51. The van der Waals surface area contributed by atoms with Crippen LogP contribution in [0.1, 0.15) is 40.3 Å². The number of nitrogens with zero attached hydrogens (tertiary/aromatic N) is 4. The minimum absolute atomic E-state index is 0.0939. The molecule has 2 aromatic heterocycles. The van der Waals surface area contributed by atoms with E-state index in [-0.39, 0.29) is 11.4 Å². The summed E-state index contributed by atoms with van der Waals surface area (Å²) in [4.78, 5) is 15.2. The van der Waals surface area contributed by atoms with Crippen LogP contribution in [0.3, 0.4) is 0 Å². The molecule has 2 aromatic carbocycles. The Hall–Kier alpha value is -3.80. The van der Waals surface area contributed by atoms with Gasteiger partial charge in [-0.3, -0.25) is 4.79 Å². The molecule has 2 aliphatic rings. The van der Waals surface area contributed by atoms with Crippen LogP contribution in [0.2, 0.25) is 0 Å². The van der Waals surface area contributed by atoms with Crippen LogP contribution in [-0.4, -0.2) is 38.2 Å². The zero-order valence-corrected chi connectivity index (χ0v) is 19.0. The highest BCUT2D eigenvalue weighted by Crippen LogP contribution is 2.43. The summed E-state index contributed by atoms with van der Waals surface area (Å²) in [5.74, 6) is 0.0939. The number of anilines is 1. The van der Waals surface area contributed by atoms with E-state index in [4.69, 9.17) is 0 Å². The smallest absolute Gasteiger partial charge is 0.253 e.